The van der Waals surface area contributed by atoms with Crippen LogP contribution < -0.4 is 4.72 Å². The molecule has 0 amide bonds. The Balaban J connectivity index is 1.49. The van der Waals surface area contributed by atoms with E-state index in [1.807, 2.05) is 37.3 Å². The zero-order valence-corrected chi connectivity index (χ0v) is 17.7. The van der Waals surface area contributed by atoms with Crippen molar-refractivity contribution in [3.05, 3.63) is 65.7 Å². The van der Waals surface area contributed by atoms with Gasteiger partial charge in [-0.1, -0.05) is 64.0 Å². The van der Waals surface area contributed by atoms with Crippen LogP contribution in [0.4, 0.5) is 0 Å². The van der Waals surface area contributed by atoms with Gasteiger partial charge < -0.3 is 14.2 Å². The maximum atomic E-state index is 12.8. The molecule has 0 saturated carbocycles. The second kappa shape index (κ2) is 8.22. The van der Waals surface area contributed by atoms with E-state index >= 15 is 0 Å². The third-order valence-electron chi connectivity index (χ3n) is 4.96. The van der Waals surface area contributed by atoms with Crippen LogP contribution >= 0.6 is 15.9 Å². The molecule has 0 unspecified atom stereocenters. The highest BCUT2D eigenvalue weighted by atomic mass is 79.9. The van der Waals surface area contributed by atoms with E-state index in [1.54, 1.807) is 24.3 Å². The molecule has 2 aliphatic heterocycles. The van der Waals surface area contributed by atoms with Crippen molar-refractivity contribution < 1.29 is 22.6 Å². The van der Waals surface area contributed by atoms with Gasteiger partial charge in [-0.25, -0.2) is 13.1 Å². The lowest BCUT2D eigenvalue weighted by Gasteiger charge is -2.38. The van der Waals surface area contributed by atoms with E-state index in [0.717, 1.165) is 11.1 Å². The molecule has 150 valence electrons. The van der Waals surface area contributed by atoms with Crippen LogP contribution in [0, 0.1) is 6.92 Å². The van der Waals surface area contributed by atoms with E-state index in [1.165, 1.54) is 0 Å². The first-order valence-corrected chi connectivity index (χ1v) is 11.5. The SMILES string of the molecule is Cc1ccc(S(=O)(=O)N[C@H]2[C@@H]3OC[C@@H](O3)[C@@H](OCc3ccccc3)[C@@H]2Br)cc1. The van der Waals surface area contributed by atoms with E-state index < -0.39 is 22.4 Å². The van der Waals surface area contributed by atoms with Gasteiger partial charge in [0.15, 0.2) is 6.29 Å². The maximum absolute atomic E-state index is 12.8. The zero-order valence-electron chi connectivity index (χ0n) is 15.3. The normalized spacial score (nSPS) is 29.7. The highest BCUT2D eigenvalue weighted by molar-refractivity contribution is 9.09. The topological polar surface area (TPSA) is 73.9 Å². The Labute approximate surface area is 173 Å². The number of hydrogen-bond acceptors (Lipinski definition) is 5. The second-order valence-corrected chi connectivity index (χ2v) is 9.81. The summed E-state index contributed by atoms with van der Waals surface area (Å²) in [6, 6.07) is 15.9. The van der Waals surface area contributed by atoms with Crippen LogP contribution in [0.1, 0.15) is 11.1 Å². The fourth-order valence-corrected chi connectivity index (χ4v) is 5.71. The van der Waals surface area contributed by atoms with E-state index in [-0.39, 0.29) is 21.9 Å². The predicted molar refractivity (Wildman–Crippen MR) is 108 cm³/mol. The van der Waals surface area contributed by atoms with Gasteiger partial charge in [0.2, 0.25) is 10.0 Å². The molecule has 2 heterocycles. The molecule has 1 N–H and O–H groups in total. The number of aryl methyl sites for hydroxylation is 1. The first-order chi connectivity index (χ1) is 13.4. The molecular weight excluding hydrogens is 446 g/mol. The summed E-state index contributed by atoms with van der Waals surface area (Å²) in [5.74, 6) is 0. The summed E-state index contributed by atoms with van der Waals surface area (Å²) in [6.45, 7) is 2.69. The molecule has 5 atom stereocenters. The molecule has 0 spiro atoms. The predicted octanol–water partition coefficient (Wildman–Crippen LogP) is 2.75. The molecule has 2 fully saturated rings. The number of alkyl halides is 1. The van der Waals surface area contributed by atoms with Gasteiger partial charge in [-0.3, -0.25) is 0 Å². The van der Waals surface area contributed by atoms with Gasteiger partial charge in [0.05, 0.1) is 29.0 Å². The number of sulfonamides is 1. The van der Waals surface area contributed by atoms with Crippen molar-refractivity contribution in [1.82, 2.24) is 4.72 Å². The second-order valence-electron chi connectivity index (χ2n) is 7.04. The summed E-state index contributed by atoms with van der Waals surface area (Å²) in [4.78, 5) is -0.0811. The van der Waals surface area contributed by atoms with Gasteiger partial charge in [0, 0.05) is 0 Å². The first-order valence-electron chi connectivity index (χ1n) is 9.10. The number of benzene rings is 2. The summed E-state index contributed by atoms with van der Waals surface area (Å²) in [6.07, 6.45) is -1.23. The average Bonchev–Trinajstić information content (AvgIpc) is 3.12. The smallest absolute Gasteiger partial charge is 0.241 e. The number of rotatable bonds is 6. The lowest BCUT2D eigenvalue weighted by atomic mass is 10.0. The van der Waals surface area contributed by atoms with Gasteiger partial charge in [-0.15, -0.1) is 0 Å². The average molecular weight is 468 g/mol. The zero-order chi connectivity index (χ0) is 19.7. The Morgan fingerprint density at radius 2 is 1.86 bits per heavy atom. The van der Waals surface area contributed by atoms with Gasteiger partial charge in [0.25, 0.3) is 0 Å². The lowest BCUT2D eigenvalue weighted by molar-refractivity contribution is -0.146. The quantitative estimate of drug-likeness (QED) is 0.661. The Bertz CT molecular complexity index is 906. The van der Waals surface area contributed by atoms with Crippen LogP contribution in [0.3, 0.4) is 0 Å². The van der Waals surface area contributed by atoms with Crippen LogP contribution in [0.15, 0.2) is 59.5 Å². The molecule has 28 heavy (non-hydrogen) atoms. The maximum Gasteiger partial charge on any atom is 0.241 e. The van der Waals surface area contributed by atoms with Crippen molar-refractivity contribution in [3.63, 3.8) is 0 Å². The third-order valence-corrected chi connectivity index (χ3v) is 7.52. The van der Waals surface area contributed by atoms with Crippen LogP contribution in [-0.2, 0) is 30.8 Å². The van der Waals surface area contributed by atoms with Gasteiger partial charge in [0.1, 0.15) is 12.2 Å². The van der Waals surface area contributed by atoms with E-state index in [2.05, 4.69) is 20.7 Å². The summed E-state index contributed by atoms with van der Waals surface area (Å²) >= 11 is 3.64. The molecule has 2 aromatic carbocycles. The molecule has 0 radical (unpaired) electrons. The van der Waals surface area contributed by atoms with E-state index in [0.29, 0.717) is 13.2 Å². The minimum absolute atomic E-state index is 0.208. The molecule has 0 aromatic heterocycles. The van der Waals surface area contributed by atoms with E-state index in [9.17, 15) is 8.42 Å². The van der Waals surface area contributed by atoms with Crippen molar-refractivity contribution in [1.29, 1.82) is 0 Å². The number of nitrogens with one attached hydrogen (secondary N) is 1. The fraction of sp³-hybridized carbons (Fsp3) is 0.400. The molecule has 8 heteroatoms. The Kier molecular flexibility index (Phi) is 5.87. The molecule has 6 nitrogen and oxygen atoms in total. The highest BCUT2D eigenvalue weighted by Gasteiger charge is 2.51. The van der Waals surface area contributed by atoms with Crippen LogP contribution in [0.2, 0.25) is 0 Å². The minimum Gasteiger partial charge on any atom is -0.370 e. The van der Waals surface area contributed by atoms with Crippen molar-refractivity contribution in [2.45, 2.75) is 47.8 Å². The monoisotopic (exact) mass is 467 g/mol. The molecule has 2 bridgehead atoms. The van der Waals surface area contributed by atoms with Gasteiger partial charge >= 0.3 is 0 Å². The van der Waals surface area contributed by atoms with Crippen molar-refractivity contribution in [3.8, 4) is 0 Å². The van der Waals surface area contributed by atoms with Crippen molar-refractivity contribution >= 4 is 26.0 Å². The Hall–Kier alpha value is -1.29. The number of ether oxygens (including phenoxy) is 3. The van der Waals surface area contributed by atoms with E-state index in [4.69, 9.17) is 14.2 Å². The van der Waals surface area contributed by atoms with Crippen molar-refractivity contribution in [2.24, 2.45) is 0 Å². The number of hydrogen-bond donors (Lipinski definition) is 1. The minimum atomic E-state index is -3.72. The number of halogens is 1. The highest BCUT2D eigenvalue weighted by Crippen LogP contribution is 2.35. The Morgan fingerprint density at radius 3 is 2.57 bits per heavy atom. The molecule has 0 aliphatic carbocycles. The molecule has 4 rings (SSSR count). The standard InChI is InChI=1S/C20H22BrNO5S/c1-13-7-9-15(10-8-13)28(23,24)22-18-17(21)19(16-12-26-20(18)27-16)25-11-14-5-3-2-4-6-14/h2-10,16-20,22H,11-12H2,1H3/t16-,17-,18-,19-,20-/m1/s1. The molecule has 2 aliphatic rings. The van der Waals surface area contributed by atoms with Crippen LogP contribution in [0.5, 0.6) is 0 Å². The summed E-state index contributed by atoms with van der Waals surface area (Å²) < 4.78 is 46.1. The third kappa shape index (κ3) is 4.17. The first kappa shape index (κ1) is 20.0. The Morgan fingerprint density at radius 1 is 1.14 bits per heavy atom. The summed E-state index contributed by atoms with van der Waals surface area (Å²) in [7, 11) is -3.72. The largest absolute Gasteiger partial charge is 0.370 e. The van der Waals surface area contributed by atoms with Crippen LogP contribution in [-0.4, -0.2) is 44.4 Å². The fourth-order valence-electron chi connectivity index (χ4n) is 3.41. The summed E-state index contributed by atoms with van der Waals surface area (Å²) in [5, 5.41) is 0. The summed E-state index contributed by atoms with van der Waals surface area (Å²) in [5.41, 5.74) is 2.04. The molecule has 2 aromatic rings. The van der Waals surface area contributed by atoms with Gasteiger partial charge in [-0.05, 0) is 24.6 Å². The van der Waals surface area contributed by atoms with Crippen molar-refractivity contribution in [2.75, 3.05) is 6.61 Å². The van der Waals surface area contributed by atoms with Crippen LogP contribution in [0.25, 0.3) is 0 Å². The van der Waals surface area contributed by atoms with Gasteiger partial charge in [-0.2, -0.15) is 0 Å². The molecule has 2 saturated heterocycles. The lowest BCUT2D eigenvalue weighted by Crippen LogP contribution is -2.58. The number of fused-ring (bicyclic) bond motifs is 2. The molecular formula is C20H22BrNO5S.